The fourth-order valence-corrected chi connectivity index (χ4v) is 2.20. The molecule has 1 rings (SSSR count). The standard InChI is InChI=1S/C19H32N4O.HI/c1-5-13-21-19(20-6-2)22-16-17-9-11-18(12-10-17)24-15-14-23(7-3)8-4;/h5,9-12H,1,6-8,13-16H2,2-4H3,(H2,20,21,22);1H. The van der Waals surface area contributed by atoms with Gasteiger partial charge < -0.3 is 20.3 Å². The van der Waals surface area contributed by atoms with Crippen LogP contribution < -0.4 is 15.4 Å². The molecule has 0 aliphatic carbocycles. The van der Waals surface area contributed by atoms with Crippen LogP contribution in [-0.4, -0.2) is 50.2 Å². The Morgan fingerprint density at radius 1 is 1.16 bits per heavy atom. The molecule has 0 saturated carbocycles. The number of nitrogens with zero attached hydrogens (tertiary/aromatic N) is 2. The van der Waals surface area contributed by atoms with E-state index >= 15 is 0 Å². The number of aliphatic imine (C=N–C) groups is 1. The van der Waals surface area contributed by atoms with Gasteiger partial charge in [0.25, 0.3) is 0 Å². The summed E-state index contributed by atoms with van der Waals surface area (Å²) in [5, 5.41) is 6.40. The van der Waals surface area contributed by atoms with E-state index < -0.39 is 0 Å². The van der Waals surface area contributed by atoms with Gasteiger partial charge in [-0.05, 0) is 37.7 Å². The highest BCUT2D eigenvalue weighted by Crippen LogP contribution is 2.12. The highest BCUT2D eigenvalue weighted by molar-refractivity contribution is 14.0. The molecule has 5 nitrogen and oxygen atoms in total. The lowest BCUT2D eigenvalue weighted by Crippen LogP contribution is -2.37. The third-order valence-electron chi connectivity index (χ3n) is 3.67. The molecule has 6 heteroatoms. The Kier molecular flexibility index (Phi) is 14.2. The fraction of sp³-hybridized carbons (Fsp3) is 0.526. The molecule has 142 valence electrons. The first-order chi connectivity index (χ1) is 11.7. The van der Waals surface area contributed by atoms with E-state index in [-0.39, 0.29) is 24.0 Å². The van der Waals surface area contributed by atoms with Crippen LogP contribution >= 0.6 is 24.0 Å². The third kappa shape index (κ3) is 10.3. The van der Waals surface area contributed by atoms with Crippen LogP contribution in [0.2, 0.25) is 0 Å². The lowest BCUT2D eigenvalue weighted by atomic mass is 10.2. The van der Waals surface area contributed by atoms with E-state index in [9.17, 15) is 0 Å². The molecule has 0 unspecified atom stereocenters. The smallest absolute Gasteiger partial charge is 0.191 e. The zero-order chi connectivity index (χ0) is 17.6. The normalized spacial score (nSPS) is 11.0. The molecule has 0 radical (unpaired) electrons. The fourth-order valence-electron chi connectivity index (χ4n) is 2.20. The van der Waals surface area contributed by atoms with Gasteiger partial charge in [-0.2, -0.15) is 0 Å². The summed E-state index contributed by atoms with van der Waals surface area (Å²) in [6.07, 6.45) is 1.82. The van der Waals surface area contributed by atoms with Gasteiger partial charge in [-0.25, -0.2) is 4.99 Å². The van der Waals surface area contributed by atoms with Crippen molar-refractivity contribution >= 4 is 29.9 Å². The number of rotatable bonds is 11. The summed E-state index contributed by atoms with van der Waals surface area (Å²) in [4.78, 5) is 6.91. The van der Waals surface area contributed by atoms with Gasteiger partial charge in [0, 0.05) is 19.6 Å². The Labute approximate surface area is 169 Å². The molecule has 1 aromatic rings. The predicted octanol–water partition coefficient (Wildman–Crippen LogP) is 3.27. The Bertz CT molecular complexity index is 487. The number of hydrogen-bond acceptors (Lipinski definition) is 3. The number of nitrogens with one attached hydrogen (secondary N) is 2. The van der Waals surface area contributed by atoms with E-state index in [1.807, 2.05) is 18.2 Å². The van der Waals surface area contributed by atoms with Crippen molar-refractivity contribution in [3.63, 3.8) is 0 Å². The summed E-state index contributed by atoms with van der Waals surface area (Å²) in [5.74, 6) is 1.71. The van der Waals surface area contributed by atoms with Gasteiger partial charge in [-0.1, -0.05) is 32.1 Å². The Morgan fingerprint density at radius 3 is 2.40 bits per heavy atom. The highest BCUT2D eigenvalue weighted by atomic mass is 127. The zero-order valence-electron chi connectivity index (χ0n) is 15.8. The summed E-state index contributed by atoms with van der Waals surface area (Å²) >= 11 is 0. The maximum atomic E-state index is 5.80. The van der Waals surface area contributed by atoms with Gasteiger partial charge in [0.05, 0.1) is 6.54 Å². The van der Waals surface area contributed by atoms with Crippen LogP contribution in [0, 0.1) is 0 Å². The first kappa shape index (κ1) is 23.7. The molecule has 0 aliphatic rings. The number of ether oxygens (including phenoxy) is 1. The number of likely N-dealkylation sites (N-methyl/N-ethyl adjacent to an activating group) is 1. The molecule has 0 bridgehead atoms. The monoisotopic (exact) mass is 460 g/mol. The molecule has 0 atom stereocenters. The summed E-state index contributed by atoms with van der Waals surface area (Å²) in [7, 11) is 0. The maximum absolute atomic E-state index is 5.80. The van der Waals surface area contributed by atoms with Crippen LogP contribution in [0.1, 0.15) is 26.3 Å². The Balaban J connectivity index is 0.00000576. The molecule has 0 heterocycles. The van der Waals surface area contributed by atoms with E-state index in [0.29, 0.717) is 13.1 Å². The molecule has 0 spiro atoms. The quantitative estimate of drug-likeness (QED) is 0.230. The van der Waals surface area contributed by atoms with Crippen molar-refractivity contribution in [3.8, 4) is 5.75 Å². The minimum atomic E-state index is 0. The topological polar surface area (TPSA) is 48.9 Å². The second-order valence-electron chi connectivity index (χ2n) is 5.38. The minimum absolute atomic E-state index is 0. The van der Waals surface area contributed by atoms with Gasteiger partial charge in [0.1, 0.15) is 12.4 Å². The van der Waals surface area contributed by atoms with Gasteiger partial charge >= 0.3 is 0 Å². The lowest BCUT2D eigenvalue weighted by molar-refractivity contribution is 0.223. The maximum Gasteiger partial charge on any atom is 0.191 e. The zero-order valence-corrected chi connectivity index (χ0v) is 18.1. The van der Waals surface area contributed by atoms with Crippen LogP contribution in [0.3, 0.4) is 0 Å². The minimum Gasteiger partial charge on any atom is -0.492 e. The first-order valence-corrected chi connectivity index (χ1v) is 8.80. The average molecular weight is 460 g/mol. The number of benzene rings is 1. The highest BCUT2D eigenvalue weighted by Gasteiger charge is 2.00. The number of guanidine groups is 1. The van der Waals surface area contributed by atoms with E-state index in [2.05, 4.69) is 60.0 Å². The molecule has 0 fully saturated rings. The van der Waals surface area contributed by atoms with Crippen LogP contribution in [0.15, 0.2) is 41.9 Å². The molecule has 2 N–H and O–H groups in total. The SMILES string of the molecule is C=CCNC(=NCc1ccc(OCCN(CC)CC)cc1)NCC.I. The van der Waals surface area contributed by atoms with E-state index in [1.165, 1.54) is 0 Å². The molecule has 1 aromatic carbocycles. The van der Waals surface area contributed by atoms with Gasteiger partial charge in [-0.15, -0.1) is 30.6 Å². The number of hydrogen-bond donors (Lipinski definition) is 2. The molecule has 0 saturated heterocycles. The molecular weight excluding hydrogens is 427 g/mol. The lowest BCUT2D eigenvalue weighted by Gasteiger charge is -2.18. The van der Waals surface area contributed by atoms with Crippen molar-refractivity contribution in [1.29, 1.82) is 0 Å². The first-order valence-electron chi connectivity index (χ1n) is 8.80. The van der Waals surface area contributed by atoms with Crippen molar-refractivity contribution in [2.45, 2.75) is 27.3 Å². The van der Waals surface area contributed by atoms with Crippen molar-refractivity contribution in [1.82, 2.24) is 15.5 Å². The molecule has 0 aromatic heterocycles. The summed E-state index contributed by atoms with van der Waals surface area (Å²) in [6, 6.07) is 8.15. The second kappa shape index (κ2) is 15.0. The van der Waals surface area contributed by atoms with Gasteiger partial charge in [-0.3, -0.25) is 0 Å². The van der Waals surface area contributed by atoms with Crippen LogP contribution in [0.4, 0.5) is 0 Å². The van der Waals surface area contributed by atoms with Crippen LogP contribution in [0.5, 0.6) is 5.75 Å². The molecule has 0 aliphatic heterocycles. The van der Waals surface area contributed by atoms with E-state index in [4.69, 9.17) is 4.74 Å². The Morgan fingerprint density at radius 2 is 1.84 bits per heavy atom. The molecule has 0 amide bonds. The van der Waals surface area contributed by atoms with Crippen molar-refractivity contribution in [2.24, 2.45) is 4.99 Å². The second-order valence-corrected chi connectivity index (χ2v) is 5.38. The molecule has 25 heavy (non-hydrogen) atoms. The van der Waals surface area contributed by atoms with E-state index in [1.54, 1.807) is 0 Å². The molecular formula is C19H33IN4O. The average Bonchev–Trinajstić information content (AvgIpc) is 2.62. The third-order valence-corrected chi connectivity index (χ3v) is 3.67. The summed E-state index contributed by atoms with van der Waals surface area (Å²) < 4.78 is 5.80. The van der Waals surface area contributed by atoms with Crippen molar-refractivity contribution in [2.75, 3.05) is 39.3 Å². The predicted molar refractivity (Wildman–Crippen MR) is 118 cm³/mol. The number of halogens is 1. The summed E-state index contributed by atoms with van der Waals surface area (Å²) in [5.41, 5.74) is 1.15. The van der Waals surface area contributed by atoms with Gasteiger partial charge in [0.2, 0.25) is 0 Å². The van der Waals surface area contributed by atoms with E-state index in [0.717, 1.165) is 50.1 Å². The van der Waals surface area contributed by atoms with Gasteiger partial charge in [0.15, 0.2) is 5.96 Å². The largest absolute Gasteiger partial charge is 0.492 e. The Hall–Kier alpha value is -1.28. The van der Waals surface area contributed by atoms with Crippen molar-refractivity contribution in [3.05, 3.63) is 42.5 Å². The summed E-state index contributed by atoms with van der Waals surface area (Å²) in [6.45, 7) is 16.1. The van der Waals surface area contributed by atoms with Crippen molar-refractivity contribution < 1.29 is 4.74 Å². The van der Waals surface area contributed by atoms with Crippen LogP contribution in [0.25, 0.3) is 0 Å². The van der Waals surface area contributed by atoms with Crippen LogP contribution in [-0.2, 0) is 6.54 Å².